The van der Waals surface area contributed by atoms with Crippen LogP contribution in [0.5, 0.6) is 0 Å². The number of hydrogen-bond donors (Lipinski definition) is 2. The molecule has 1 N–H and O–H groups in total. The van der Waals surface area contributed by atoms with Crippen molar-refractivity contribution in [2.45, 2.75) is 18.9 Å². The largest absolute Gasteiger partial charge is 0.388 e. The summed E-state index contributed by atoms with van der Waals surface area (Å²) < 4.78 is 0. The van der Waals surface area contributed by atoms with Gasteiger partial charge in [-0.1, -0.05) is 60.7 Å². The Morgan fingerprint density at radius 2 is 1.58 bits per heavy atom. The number of aliphatic hydroxyl groups is 1. The van der Waals surface area contributed by atoms with Gasteiger partial charge in [-0.3, -0.25) is 0 Å². The third-order valence-electron chi connectivity index (χ3n) is 3.00. The van der Waals surface area contributed by atoms with Crippen LogP contribution in [0.2, 0.25) is 0 Å². The van der Waals surface area contributed by atoms with Gasteiger partial charge in [-0.05, 0) is 30.0 Å². The molecule has 0 fully saturated rings. The van der Waals surface area contributed by atoms with Gasteiger partial charge in [0, 0.05) is 4.91 Å². The molecule has 1 atom stereocenters. The van der Waals surface area contributed by atoms with Crippen LogP contribution in [-0.2, 0) is 6.42 Å². The van der Waals surface area contributed by atoms with E-state index in [2.05, 4.69) is 24.8 Å². The van der Waals surface area contributed by atoms with Crippen LogP contribution < -0.4 is 0 Å². The molecular weight excluding hydrogens is 252 g/mol. The predicted octanol–water partition coefficient (Wildman–Crippen LogP) is 3.95. The predicted molar refractivity (Wildman–Crippen MR) is 84.2 cm³/mol. The molecule has 98 valence electrons. The summed E-state index contributed by atoms with van der Waals surface area (Å²) in [7, 11) is 0. The fourth-order valence-electron chi connectivity index (χ4n) is 1.91. The third kappa shape index (κ3) is 4.58. The topological polar surface area (TPSA) is 20.2 Å². The Morgan fingerprint density at radius 3 is 2.21 bits per heavy atom. The molecule has 0 amide bonds. The number of rotatable bonds is 5. The first-order valence-corrected chi connectivity index (χ1v) is 6.88. The Labute approximate surface area is 120 Å². The lowest BCUT2D eigenvalue weighted by Gasteiger charge is -2.10. The number of hydrogen-bond acceptors (Lipinski definition) is 2. The second-order valence-corrected chi connectivity index (χ2v) is 5.04. The smallest absolute Gasteiger partial charge is 0.0849 e. The highest BCUT2D eigenvalue weighted by molar-refractivity contribution is 7.84. The van der Waals surface area contributed by atoms with E-state index in [1.54, 1.807) is 0 Å². The maximum atomic E-state index is 10.1. The van der Waals surface area contributed by atoms with E-state index >= 15 is 0 Å². The van der Waals surface area contributed by atoms with Gasteiger partial charge in [-0.25, -0.2) is 0 Å². The average Bonchev–Trinajstić information content (AvgIpc) is 2.47. The highest BCUT2D eigenvalue weighted by atomic mass is 32.1. The van der Waals surface area contributed by atoms with Crippen LogP contribution in [0.4, 0.5) is 0 Å². The summed E-state index contributed by atoms with van der Waals surface area (Å²) in [5.74, 6) is 0. The molecular formula is C17H18OS. The van der Waals surface area contributed by atoms with E-state index in [1.807, 2.05) is 54.6 Å². The van der Waals surface area contributed by atoms with Gasteiger partial charge in [0.05, 0.1) is 6.10 Å². The van der Waals surface area contributed by atoms with Crippen molar-refractivity contribution in [3.05, 3.63) is 76.7 Å². The Balaban J connectivity index is 1.93. The quantitative estimate of drug-likeness (QED) is 0.788. The van der Waals surface area contributed by atoms with Crippen molar-refractivity contribution in [1.29, 1.82) is 0 Å². The van der Waals surface area contributed by atoms with Gasteiger partial charge in [0.2, 0.25) is 0 Å². The van der Waals surface area contributed by atoms with Gasteiger partial charge in [0.1, 0.15) is 0 Å². The van der Waals surface area contributed by atoms with Crippen molar-refractivity contribution in [1.82, 2.24) is 0 Å². The first-order valence-electron chi connectivity index (χ1n) is 6.43. The van der Waals surface area contributed by atoms with Gasteiger partial charge in [-0.2, -0.15) is 0 Å². The molecule has 0 heterocycles. The molecule has 2 aromatic rings. The van der Waals surface area contributed by atoms with Crippen LogP contribution in [-0.4, -0.2) is 11.2 Å². The van der Waals surface area contributed by atoms with Gasteiger partial charge in [0.15, 0.2) is 0 Å². The molecule has 2 heteroatoms. The zero-order valence-electron chi connectivity index (χ0n) is 10.7. The second kappa shape index (κ2) is 7.17. The van der Waals surface area contributed by atoms with Crippen molar-refractivity contribution >= 4 is 18.7 Å². The maximum absolute atomic E-state index is 10.1. The van der Waals surface area contributed by atoms with Gasteiger partial charge < -0.3 is 5.11 Å². The lowest BCUT2D eigenvalue weighted by atomic mass is 10.1. The van der Waals surface area contributed by atoms with Gasteiger partial charge >= 0.3 is 0 Å². The number of aryl methyl sites for hydroxylation is 1. The fraction of sp³-hybridized carbons (Fsp3) is 0.176. The normalized spacial score (nSPS) is 13.3. The second-order valence-electron chi connectivity index (χ2n) is 4.52. The van der Waals surface area contributed by atoms with Gasteiger partial charge in [0.25, 0.3) is 0 Å². The number of benzene rings is 2. The zero-order chi connectivity index (χ0) is 13.5. The molecule has 0 aliphatic heterocycles. The summed E-state index contributed by atoms with van der Waals surface area (Å²) >= 11 is 4.39. The highest BCUT2D eigenvalue weighted by Crippen LogP contribution is 2.17. The van der Waals surface area contributed by atoms with Crippen molar-refractivity contribution in [2.24, 2.45) is 0 Å². The molecule has 0 saturated carbocycles. The molecule has 19 heavy (non-hydrogen) atoms. The first-order chi connectivity index (χ1) is 9.25. The molecule has 1 nitrogen and oxygen atoms in total. The Hall–Kier alpha value is -1.51. The van der Waals surface area contributed by atoms with Crippen LogP contribution in [0.25, 0.3) is 6.08 Å². The molecule has 0 aliphatic rings. The average molecular weight is 270 g/mol. The van der Waals surface area contributed by atoms with Crippen LogP contribution in [0, 0.1) is 0 Å². The Kier molecular flexibility index (Phi) is 5.25. The van der Waals surface area contributed by atoms with Crippen molar-refractivity contribution in [2.75, 3.05) is 0 Å². The number of thiol groups is 1. The van der Waals surface area contributed by atoms with E-state index in [0.29, 0.717) is 11.3 Å². The SMILES string of the molecule is OC(CCc1ccccc1)/C(S)=C/c1ccccc1. The molecule has 0 radical (unpaired) electrons. The summed E-state index contributed by atoms with van der Waals surface area (Å²) in [6.45, 7) is 0. The summed E-state index contributed by atoms with van der Waals surface area (Å²) in [6.07, 6.45) is 2.95. The molecule has 2 rings (SSSR count). The summed E-state index contributed by atoms with van der Waals surface area (Å²) in [4.78, 5) is 0.710. The first kappa shape index (κ1) is 13.9. The molecule has 0 spiro atoms. The molecule has 2 aromatic carbocycles. The molecule has 0 aromatic heterocycles. The van der Waals surface area contributed by atoms with E-state index in [1.165, 1.54) is 5.56 Å². The van der Waals surface area contributed by atoms with Gasteiger partial charge in [-0.15, -0.1) is 12.6 Å². The standard InChI is InChI=1S/C17H18OS/c18-16(12-11-14-7-3-1-4-8-14)17(19)13-15-9-5-2-6-10-15/h1-10,13,16,18-19H,11-12H2/b17-13-. The minimum absolute atomic E-state index is 0.510. The maximum Gasteiger partial charge on any atom is 0.0849 e. The summed E-state index contributed by atoms with van der Waals surface area (Å²) in [5.41, 5.74) is 2.30. The molecule has 1 unspecified atom stereocenters. The summed E-state index contributed by atoms with van der Waals surface area (Å²) in [5, 5.41) is 10.1. The van der Waals surface area contributed by atoms with E-state index in [-0.39, 0.29) is 0 Å². The Bertz CT molecular complexity index is 519. The summed E-state index contributed by atoms with van der Waals surface area (Å²) in [6, 6.07) is 20.1. The van der Waals surface area contributed by atoms with Crippen LogP contribution in [0.3, 0.4) is 0 Å². The molecule has 0 saturated heterocycles. The van der Waals surface area contributed by atoms with E-state index < -0.39 is 6.10 Å². The minimum atomic E-state index is -0.510. The van der Waals surface area contributed by atoms with Crippen LogP contribution >= 0.6 is 12.6 Å². The van der Waals surface area contributed by atoms with Crippen molar-refractivity contribution in [3.63, 3.8) is 0 Å². The lowest BCUT2D eigenvalue weighted by Crippen LogP contribution is -2.08. The van der Waals surface area contributed by atoms with Crippen molar-refractivity contribution < 1.29 is 5.11 Å². The molecule has 0 aliphatic carbocycles. The monoisotopic (exact) mass is 270 g/mol. The minimum Gasteiger partial charge on any atom is -0.388 e. The number of aliphatic hydroxyl groups excluding tert-OH is 1. The fourth-order valence-corrected chi connectivity index (χ4v) is 2.19. The van der Waals surface area contributed by atoms with E-state index in [0.717, 1.165) is 12.0 Å². The van der Waals surface area contributed by atoms with Crippen LogP contribution in [0.15, 0.2) is 65.6 Å². The highest BCUT2D eigenvalue weighted by Gasteiger charge is 2.07. The van der Waals surface area contributed by atoms with Crippen LogP contribution in [0.1, 0.15) is 17.5 Å². The zero-order valence-corrected chi connectivity index (χ0v) is 11.6. The molecule has 0 bridgehead atoms. The lowest BCUT2D eigenvalue weighted by molar-refractivity contribution is 0.210. The van der Waals surface area contributed by atoms with Crippen molar-refractivity contribution in [3.8, 4) is 0 Å². The van der Waals surface area contributed by atoms with E-state index in [9.17, 15) is 5.11 Å². The third-order valence-corrected chi connectivity index (χ3v) is 3.43. The van der Waals surface area contributed by atoms with E-state index in [4.69, 9.17) is 0 Å². The Morgan fingerprint density at radius 1 is 1.00 bits per heavy atom.